The molecule has 2 rings (SSSR count). The van der Waals surface area contributed by atoms with Crippen molar-refractivity contribution in [3.8, 4) is 5.75 Å². The van der Waals surface area contributed by atoms with Crippen molar-refractivity contribution in [3.05, 3.63) is 23.8 Å². The van der Waals surface area contributed by atoms with Gasteiger partial charge in [0, 0.05) is 13.0 Å². The van der Waals surface area contributed by atoms with Crippen LogP contribution in [0.4, 0.5) is 0 Å². The van der Waals surface area contributed by atoms with Gasteiger partial charge in [-0.3, -0.25) is 4.79 Å². The number of aliphatic carboxylic acids is 1. The van der Waals surface area contributed by atoms with E-state index < -0.39 is 21.9 Å². The maximum absolute atomic E-state index is 12.2. The van der Waals surface area contributed by atoms with Gasteiger partial charge in [0.05, 0.1) is 17.4 Å². The molecule has 0 amide bonds. The second-order valence-corrected chi connectivity index (χ2v) is 6.81. The zero-order chi connectivity index (χ0) is 15.5. The third-order valence-electron chi connectivity index (χ3n) is 3.48. The lowest BCUT2D eigenvalue weighted by Crippen LogP contribution is -2.33. The molecule has 116 valence electrons. The molecule has 2 N–H and O–H groups in total. The zero-order valence-corrected chi connectivity index (χ0v) is 12.6. The number of benzene rings is 1. The van der Waals surface area contributed by atoms with Crippen LogP contribution < -0.4 is 9.46 Å². The van der Waals surface area contributed by atoms with E-state index in [0.29, 0.717) is 31.6 Å². The summed E-state index contributed by atoms with van der Waals surface area (Å²) in [6.07, 6.45) is 1.82. The van der Waals surface area contributed by atoms with Crippen LogP contribution in [0.25, 0.3) is 0 Å². The molecule has 0 radical (unpaired) electrons. The Balaban J connectivity index is 2.09. The van der Waals surface area contributed by atoms with Gasteiger partial charge in [-0.15, -0.1) is 0 Å². The first-order chi connectivity index (χ1) is 9.94. The van der Waals surface area contributed by atoms with E-state index in [9.17, 15) is 13.2 Å². The van der Waals surface area contributed by atoms with E-state index in [4.69, 9.17) is 9.84 Å². The van der Waals surface area contributed by atoms with Gasteiger partial charge >= 0.3 is 5.97 Å². The average Bonchev–Trinajstić information content (AvgIpc) is 2.90. The highest BCUT2D eigenvalue weighted by atomic mass is 32.2. The summed E-state index contributed by atoms with van der Waals surface area (Å²) in [5.41, 5.74) is 0.862. The first kappa shape index (κ1) is 15.8. The molecule has 6 nitrogen and oxygen atoms in total. The summed E-state index contributed by atoms with van der Waals surface area (Å²) in [7, 11) is -3.70. The van der Waals surface area contributed by atoms with E-state index in [2.05, 4.69) is 4.72 Å². The third-order valence-corrected chi connectivity index (χ3v) is 4.90. The van der Waals surface area contributed by atoms with Gasteiger partial charge in [-0.05, 0) is 30.2 Å². The molecule has 1 aliphatic heterocycles. The van der Waals surface area contributed by atoms with Crippen LogP contribution in [0.2, 0.25) is 0 Å². The number of sulfonamides is 1. The molecule has 1 unspecified atom stereocenters. The van der Waals surface area contributed by atoms with Crippen LogP contribution in [0, 0.1) is 5.92 Å². The van der Waals surface area contributed by atoms with Crippen molar-refractivity contribution < 1.29 is 23.1 Å². The van der Waals surface area contributed by atoms with Gasteiger partial charge in [-0.2, -0.15) is 0 Å². The van der Waals surface area contributed by atoms with E-state index in [1.165, 1.54) is 6.07 Å². The third kappa shape index (κ3) is 3.74. The summed E-state index contributed by atoms with van der Waals surface area (Å²) in [6.45, 7) is 2.33. The Hall–Kier alpha value is -1.60. The first-order valence-corrected chi connectivity index (χ1v) is 8.40. The number of fused-ring (bicyclic) bond motifs is 1. The van der Waals surface area contributed by atoms with Crippen LogP contribution in [0.1, 0.15) is 25.3 Å². The molecule has 7 heteroatoms. The van der Waals surface area contributed by atoms with Crippen molar-refractivity contribution in [2.45, 2.75) is 31.1 Å². The summed E-state index contributed by atoms with van der Waals surface area (Å²) < 4.78 is 32.2. The summed E-state index contributed by atoms with van der Waals surface area (Å²) in [5.74, 6) is -0.979. The molecule has 0 aliphatic carbocycles. The molecule has 1 atom stereocenters. The fourth-order valence-electron chi connectivity index (χ4n) is 2.29. The number of hydrogen-bond acceptors (Lipinski definition) is 4. The van der Waals surface area contributed by atoms with Crippen molar-refractivity contribution in [2.24, 2.45) is 5.92 Å². The van der Waals surface area contributed by atoms with Gasteiger partial charge in [0.1, 0.15) is 5.75 Å². The SMILES string of the molecule is CCCC(CNS(=O)(=O)c1ccc2c(c1)CCO2)C(=O)O. The maximum Gasteiger partial charge on any atom is 0.307 e. The lowest BCUT2D eigenvalue weighted by atomic mass is 10.1. The Morgan fingerprint density at radius 1 is 1.48 bits per heavy atom. The minimum absolute atomic E-state index is 0.0981. The molecule has 1 aromatic rings. The number of hydrogen-bond donors (Lipinski definition) is 2. The number of carboxylic acids is 1. The highest BCUT2D eigenvalue weighted by Gasteiger charge is 2.22. The molecule has 0 saturated carbocycles. The van der Waals surface area contributed by atoms with Crippen molar-refractivity contribution in [3.63, 3.8) is 0 Å². The van der Waals surface area contributed by atoms with Crippen LogP contribution in [0.15, 0.2) is 23.1 Å². The van der Waals surface area contributed by atoms with Gasteiger partial charge in [0.15, 0.2) is 0 Å². The quantitative estimate of drug-likeness (QED) is 0.794. The molecule has 1 aromatic carbocycles. The first-order valence-electron chi connectivity index (χ1n) is 6.92. The molecule has 1 heterocycles. The van der Waals surface area contributed by atoms with Crippen LogP contribution in [-0.2, 0) is 21.2 Å². The molecular weight excluding hydrogens is 294 g/mol. The van der Waals surface area contributed by atoms with Gasteiger partial charge in [-0.1, -0.05) is 13.3 Å². The van der Waals surface area contributed by atoms with Crippen molar-refractivity contribution in [1.82, 2.24) is 4.72 Å². The lowest BCUT2D eigenvalue weighted by molar-refractivity contribution is -0.141. The normalized spacial score (nSPS) is 15.3. The summed E-state index contributed by atoms with van der Waals surface area (Å²) in [6, 6.07) is 4.69. The molecule has 1 aliphatic rings. The smallest absolute Gasteiger partial charge is 0.307 e. The van der Waals surface area contributed by atoms with E-state index >= 15 is 0 Å². The predicted octanol–water partition coefficient (Wildman–Crippen LogP) is 1.40. The number of carboxylic acid groups (broad SMARTS) is 1. The molecule has 0 fully saturated rings. The van der Waals surface area contributed by atoms with Crippen LogP contribution in [0.5, 0.6) is 5.75 Å². The molecule has 0 aromatic heterocycles. The Kier molecular flexibility index (Phi) is 4.84. The van der Waals surface area contributed by atoms with Gasteiger partial charge in [0.2, 0.25) is 10.0 Å². The molecule has 0 saturated heterocycles. The van der Waals surface area contributed by atoms with Crippen molar-refractivity contribution in [1.29, 1.82) is 0 Å². The predicted molar refractivity (Wildman–Crippen MR) is 76.9 cm³/mol. The number of ether oxygens (including phenoxy) is 1. The van der Waals surface area contributed by atoms with Gasteiger partial charge in [-0.25, -0.2) is 13.1 Å². The number of carbonyl (C=O) groups is 1. The topological polar surface area (TPSA) is 92.7 Å². The van der Waals surface area contributed by atoms with Gasteiger partial charge < -0.3 is 9.84 Å². The fraction of sp³-hybridized carbons (Fsp3) is 0.500. The molecule has 0 bridgehead atoms. The Labute approximate surface area is 124 Å². The zero-order valence-electron chi connectivity index (χ0n) is 11.8. The van der Waals surface area contributed by atoms with Crippen molar-refractivity contribution in [2.75, 3.05) is 13.2 Å². The number of rotatable bonds is 7. The van der Waals surface area contributed by atoms with Crippen LogP contribution >= 0.6 is 0 Å². The van der Waals surface area contributed by atoms with Crippen LogP contribution in [0.3, 0.4) is 0 Å². The Bertz CT molecular complexity index is 626. The highest BCUT2D eigenvalue weighted by molar-refractivity contribution is 7.89. The Morgan fingerprint density at radius 3 is 2.90 bits per heavy atom. The molecular formula is C14H19NO5S. The Morgan fingerprint density at radius 2 is 2.24 bits per heavy atom. The molecule has 0 spiro atoms. The highest BCUT2D eigenvalue weighted by Crippen LogP contribution is 2.27. The standard InChI is InChI=1S/C14H19NO5S/c1-2-3-11(14(16)17)9-15-21(18,19)12-4-5-13-10(8-12)6-7-20-13/h4-5,8,11,15H,2-3,6-7,9H2,1H3,(H,16,17). The summed E-state index contributed by atoms with van der Waals surface area (Å²) >= 11 is 0. The average molecular weight is 313 g/mol. The second kappa shape index (κ2) is 6.44. The van der Waals surface area contributed by atoms with E-state index in [-0.39, 0.29) is 11.4 Å². The number of nitrogens with one attached hydrogen (secondary N) is 1. The fourth-order valence-corrected chi connectivity index (χ4v) is 3.42. The monoisotopic (exact) mass is 313 g/mol. The summed E-state index contributed by atoms with van der Waals surface area (Å²) in [4.78, 5) is 11.2. The lowest BCUT2D eigenvalue weighted by Gasteiger charge is -2.13. The second-order valence-electron chi connectivity index (χ2n) is 5.04. The largest absolute Gasteiger partial charge is 0.493 e. The van der Waals surface area contributed by atoms with Crippen LogP contribution in [-0.4, -0.2) is 32.6 Å². The van der Waals surface area contributed by atoms with Crippen molar-refractivity contribution >= 4 is 16.0 Å². The summed E-state index contributed by atoms with van der Waals surface area (Å²) in [5, 5.41) is 9.05. The van der Waals surface area contributed by atoms with Gasteiger partial charge in [0.25, 0.3) is 0 Å². The van der Waals surface area contributed by atoms with E-state index in [1.54, 1.807) is 12.1 Å². The molecule has 21 heavy (non-hydrogen) atoms. The maximum atomic E-state index is 12.2. The van der Waals surface area contributed by atoms with E-state index in [1.807, 2.05) is 6.92 Å². The minimum Gasteiger partial charge on any atom is -0.493 e. The van der Waals surface area contributed by atoms with E-state index in [0.717, 1.165) is 5.56 Å². The minimum atomic E-state index is -3.70.